The molecule has 1 atom stereocenters. The maximum absolute atomic E-state index is 5.19. The second-order valence-corrected chi connectivity index (χ2v) is 5.89. The van der Waals surface area contributed by atoms with E-state index >= 15 is 0 Å². The van der Waals surface area contributed by atoms with Gasteiger partial charge in [-0.05, 0) is 35.2 Å². The lowest BCUT2D eigenvalue weighted by Gasteiger charge is -2.23. The van der Waals surface area contributed by atoms with E-state index in [1.54, 1.807) is 18.2 Å². The van der Waals surface area contributed by atoms with E-state index in [2.05, 4.69) is 41.7 Å². The van der Waals surface area contributed by atoms with Gasteiger partial charge in [0.05, 0.1) is 19.7 Å². The molecule has 2 nitrogen and oxygen atoms in total. The molecule has 2 heteroatoms. The fourth-order valence-electron chi connectivity index (χ4n) is 3.21. The average molecular weight is 282 g/mol. The number of hydrogen-bond donors (Lipinski definition) is 1. The van der Waals surface area contributed by atoms with E-state index in [-0.39, 0.29) is 0 Å². The van der Waals surface area contributed by atoms with Crippen molar-refractivity contribution in [1.29, 1.82) is 0 Å². The van der Waals surface area contributed by atoms with Crippen molar-refractivity contribution in [2.75, 3.05) is 13.7 Å². The lowest BCUT2D eigenvalue weighted by molar-refractivity contribution is -0.689. The van der Waals surface area contributed by atoms with Gasteiger partial charge in [0.15, 0.2) is 0 Å². The first-order valence-electron chi connectivity index (χ1n) is 7.88. The molecule has 3 rings (SSSR count). The van der Waals surface area contributed by atoms with Gasteiger partial charge in [-0.2, -0.15) is 0 Å². The summed E-state index contributed by atoms with van der Waals surface area (Å²) >= 11 is 0. The zero-order valence-corrected chi connectivity index (χ0v) is 12.7. The Morgan fingerprint density at radius 2 is 1.81 bits per heavy atom. The Balaban J connectivity index is 1.48. The minimum absolute atomic E-state index is 0.748. The van der Waals surface area contributed by atoms with Crippen LogP contribution in [0.5, 0.6) is 5.75 Å². The van der Waals surface area contributed by atoms with Crippen molar-refractivity contribution in [2.45, 2.75) is 31.7 Å². The SMILES string of the molecule is COc1ccc(CC[NH2+][C@H]2CCc3ccccc3C2)cc1. The lowest BCUT2D eigenvalue weighted by atomic mass is 9.88. The van der Waals surface area contributed by atoms with Crippen LogP contribution in [0, 0.1) is 0 Å². The molecule has 0 bridgehead atoms. The van der Waals surface area contributed by atoms with Crippen LogP contribution >= 0.6 is 0 Å². The zero-order chi connectivity index (χ0) is 14.5. The normalized spacial score (nSPS) is 17.3. The molecular formula is C19H24NO+. The van der Waals surface area contributed by atoms with Crippen molar-refractivity contribution in [3.05, 3.63) is 65.2 Å². The molecule has 2 N–H and O–H groups in total. The Labute approximate surface area is 127 Å². The average Bonchev–Trinajstić information content (AvgIpc) is 2.55. The molecule has 0 heterocycles. The van der Waals surface area contributed by atoms with Crippen molar-refractivity contribution < 1.29 is 10.1 Å². The number of fused-ring (bicyclic) bond motifs is 1. The van der Waals surface area contributed by atoms with Crippen LogP contribution in [0.4, 0.5) is 0 Å². The summed E-state index contributed by atoms with van der Waals surface area (Å²) in [6.07, 6.45) is 4.89. The zero-order valence-electron chi connectivity index (χ0n) is 12.7. The van der Waals surface area contributed by atoms with Crippen LogP contribution in [0.25, 0.3) is 0 Å². The maximum atomic E-state index is 5.19. The Morgan fingerprint density at radius 3 is 2.57 bits per heavy atom. The van der Waals surface area contributed by atoms with Gasteiger partial charge in [-0.1, -0.05) is 36.4 Å². The highest BCUT2D eigenvalue weighted by Gasteiger charge is 2.20. The quantitative estimate of drug-likeness (QED) is 0.895. The Kier molecular flexibility index (Phi) is 4.56. The molecular weight excluding hydrogens is 258 g/mol. The van der Waals surface area contributed by atoms with Crippen molar-refractivity contribution in [1.82, 2.24) is 0 Å². The van der Waals surface area contributed by atoms with Crippen molar-refractivity contribution in [3.63, 3.8) is 0 Å². The molecule has 2 aromatic rings. The summed E-state index contributed by atoms with van der Waals surface area (Å²) in [4.78, 5) is 0. The first kappa shape index (κ1) is 14.2. The number of methoxy groups -OCH3 is 1. The van der Waals surface area contributed by atoms with E-state index in [0.717, 1.165) is 18.2 Å². The summed E-state index contributed by atoms with van der Waals surface area (Å²) in [7, 11) is 1.71. The molecule has 2 aromatic carbocycles. The van der Waals surface area contributed by atoms with Crippen LogP contribution in [0.3, 0.4) is 0 Å². The van der Waals surface area contributed by atoms with Crippen LogP contribution in [0.1, 0.15) is 23.1 Å². The number of quaternary nitrogens is 1. The molecule has 0 saturated heterocycles. The summed E-state index contributed by atoms with van der Waals surface area (Å²) in [6, 6.07) is 18.1. The highest BCUT2D eigenvalue weighted by molar-refractivity contribution is 5.30. The third-order valence-corrected chi connectivity index (χ3v) is 4.48. The smallest absolute Gasteiger partial charge is 0.118 e. The van der Waals surface area contributed by atoms with Gasteiger partial charge in [-0.3, -0.25) is 0 Å². The Hall–Kier alpha value is -1.80. The Bertz CT molecular complexity index is 576. The van der Waals surface area contributed by atoms with E-state index in [0.29, 0.717) is 0 Å². The topological polar surface area (TPSA) is 25.8 Å². The van der Waals surface area contributed by atoms with Crippen LogP contribution < -0.4 is 10.1 Å². The number of aryl methyl sites for hydroxylation is 1. The van der Waals surface area contributed by atoms with Crippen LogP contribution in [-0.2, 0) is 19.3 Å². The summed E-state index contributed by atoms with van der Waals surface area (Å²) in [6.45, 7) is 1.17. The van der Waals surface area contributed by atoms with Gasteiger partial charge in [0.1, 0.15) is 5.75 Å². The minimum atomic E-state index is 0.748. The molecule has 0 amide bonds. The van der Waals surface area contributed by atoms with E-state index in [1.165, 1.54) is 31.4 Å². The number of rotatable bonds is 5. The van der Waals surface area contributed by atoms with Crippen LogP contribution in [0.2, 0.25) is 0 Å². The lowest BCUT2D eigenvalue weighted by Crippen LogP contribution is -2.91. The molecule has 0 aromatic heterocycles. The highest BCUT2D eigenvalue weighted by atomic mass is 16.5. The second-order valence-electron chi connectivity index (χ2n) is 5.89. The van der Waals surface area contributed by atoms with Gasteiger partial charge in [-0.25, -0.2) is 0 Å². The molecule has 0 unspecified atom stereocenters. The molecule has 0 radical (unpaired) electrons. The van der Waals surface area contributed by atoms with Gasteiger partial charge in [0.2, 0.25) is 0 Å². The minimum Gasteiger partial charge on any atom is -0.497 e. The molecule has 21 heavy (non-hydrogen) atoms. The summed E-state index contributed by atoms with van der Waals surface area (Å²) in [5, 5.41) is 2.53. The van der Waals surface area contributed by atoms with Gasteiger partial charge >= 0.3 is 0 Å². The molecule has 1 aliphatic rings. The van der Waals surface area contributed by atoms with E-state index in [4.69, 9.17) is 4.74 Å². The van der Waals surface area contributed by atoms with Crippen molar-refractivity contribution >= 4 is 0 Å². The molecule has 0 fully saturated rings. The fraction of sp³-hybridized carbons (Fsp3) is 0.368. The number of ether oxygens (including phenoxy) is 1. The third-order valence-electron chi connectivity index (χ3n) is 4.48. The van der Waals surface area contributed by atoms with Gasteiger partial charge < -0.3 is 10.1 Å². The molecule has 110 valence electrons. The van der Waals surface area contributed by atoms with Gasteiger partial charge in [-0.15, -0.1) is 0 Å². The molecule has 0 aliphatic heterocycles. The number of benzene rings is 2. The predicted molar refractivity (Wildman–Crippen MR) is 85.7 cm³/mol. The van der Waals surface area contributed by atoms with Gasteiger partial charge in [0.25, 0.3) is 0 Å². The predicted octanol–water partition coefficient (Wildman–Crippen LogP) is 2.36. The largest absolute Gasteiger partial charge is 0.497 e. The monoisotopic (exact) mass is 282 g/mol. The van der Waals surface area contributed by atoms with E-state index in [1.807, 2.05) is 12.1 Å². The van der Waals surface area contributed by atoms with E-state index in [9.17, 15) is 0 Å². The third kappa shape index (κ3) is 3.64. The first-order chi connectivity index (χ1) is 10.3. The summed E-state index contributed by atoms with van der Waals surface area (Å²) in [5.41, 5.74) is 4.50. The van der Waals surface area contributed by atoms with Gasteiger partial charge in [0, 0.05) is 19.3 Å². The molecule has 1 aliphatic carbocycles. The number of nitrogens with two attached hydrogens (primary N) is 1. The summed E-state index contributed by atoms with van der Waals surface area (Å²) < 4.78 is 5.19. The number of hydrogen-bond acceptors (Lipinski definition) is 1. The Morgan fingerprint density at radius 1 is 1.05 bits per heavy atom. The standard InChI is InChI=1S/C19H23NO/c1-21-19-10-6-15(7-11-19)12-13-20-18-9-8-16-4-2-3-5-17(16)14-18/h2-7,10-11,18,20H,8-9,12-14H2,1H3/p+1/t18-/m0/s1. The van der Waals surface area contributed by atoms with E-state index < -0.39 is 0 Å². The summed E-state index contributed by atoms with van der Waals surface area (Å²) in [5.74, 6) is 0.937. The van der Waals surface area contributed by atoms with Crippen molar-refractivity contribution in [2.24, 2.45) is 0 Å². The van der Waals surface area contributed by atoms with Crippen LogP contribution in [0.15, 0.2) is 48.5 Å². The fourth-order valence-corrected chi connectivity index (χ4v) is 3.21. The second kappa shape index (κ2) is 6.77. The maximum Gasteiger partial charge on any atom is 0.118 e. The molecule has 0 saturated carbocycles. The van der Waals surface area contributed by atoms with Crippen molar-refractivity contribution in [3.8, 4) is 5.75 Å². The molecule has 0 spiro atoms. The highest BCUT2D eigenvalue weighted by Crippen LogP contribution is 2.19. The first-order valence-corrected chi connectivity index (χ1v) is 7.88. The van der Waals surface area contributed by atoms with Crippen LogP contribution in [-0.4, -0.2) is 19.7 Å².